The fourth-order valence-electron chi connectivity index (χ4n) is 5.67. The van der Waals surface area contributed by atoms with Gasteiger partial charge in [0.1, 0.15) is 5.52 Å². The highest BCUT2D eigenvalue weighted by Crippen LogP contribution is 2.33. The van der Waals surface area contributed by atoms with Crippen LogP contribution in [0.15, 0.2) is 18.3 Å². The quantitative estimate of drug-likeness (QED) is 0.673. The molecule has 8 heteroatoms. The van der Waals surface area contributed by atoms with Crippen LogP contribution in [0.2, 0.25) is 0 Å². The van der Waals surface area contributed by atoms with Gasteiger partial charge in [-0.25, -0.2) is 0 Å². The van der Waals surface area contributed by atoms with Crippen LogP contribution in [0.4, 0.5) is 0 Å². The van der Waals surface area contributed by atoms with Crippen LogP contribution >= 0.6 is 0 Å². The smallest absolute Gasteiger partial charge is 0.258 e. The van der Waals surface area contributed by atoms with Gasteiger partial charge in [-0.15, -0.1) is 0 Å². The highest BCUT2D eigenvalue weighted by molar-refractivity contribution is 6.02. The maximum Gasteiger partial charge on any atom is 0.258 e. The summed E-state index contributed by atoms with van der Waals surface area (Å²) in [6.45, 7) is 4.96. The highest BCUT2D eigenvalue weighted by Gasteiger charge is 2.43. The van der Waals surface area contributed by atoms with Crippen molar-refractivity contribution in [2.45, 2.75) is 63.9 Å². The number of ether oxygens (including phenoxy) is 1. The molecule has 0 aromatic carbocycles. The summed E-state index contributed by atoms with van der Waals surface area (Å²) in [7, 11) is 0. The topological polar surface area (TPSA) is 80.0 Å². The Balaban J connectivity index is 1.25. The zero-order valence-electron chi connectivity index (χ0n) is 19.0. The molecule has 2 aliphatic heterocycles. The number of morpholine rings is 1. The van der Waals surface area contributed by atoms with Crippen LogP contribution < -0.4 is 0 Å². The van der Waals surface area contributed by atoms with E-state index in [1.165, 1.54) is 30.3 Å². The van der Waals surface area contributed by atoms with Crippen LogP contribution in [-0.2, 0) is 9.53 Å². The van der Waals surface area contributed by atoms with E-state index in [0.717, 1.165) is 44.3 Å². The van der Waals surface area contributed by atoms with Crippen molar-refractivity contribution in [2.75, 3.05) is 32.8 Å². The van der Waals surface area contributed by atoms with E-state index in [1.807, 2.05) is 28.9 Å². The van der Waals surface area contributed by atoms with Gasteiger partial charge in [0.2, 0.25) is 5.91 Å². The van der Waals surface area contributed by atoms with Crippen molar-refractivity contribution in [3.8, 4) is 0 Å². The van der Waals surface area contributed by atoms with Crippen molar-refractivity contribution < 1.29 is 14.3 Å². The molecule has 2 amide bonds. The molecule has 0 atom stereocenters. The van der Waals surface area contributed by atoms with Crippen LogP contribution in [0.25, 0.3) is 5.52 Å². The van der Waals surface area contributed by atoms with Crippen LogP contribution in [0, 0.1) is 12.8 Å². The molecule has 2 saturated heterocycles. The third-order valence-electron chi connectivity index (χ3n) is 7.53. The fraction of sp³-hybridized carbons (Fsp3) is 0.667. The molecule has 2 aromatic heterocycles. The standard InChI is InChI=1S/C24H33N5O3/c1-18-21(20-9-6-12-25-29(20)26-18)23(31)28-15-16-32-24(17-28)10-13-27(14-11-24)22(30)19-7-4-2-3-5-8-19/h6,9,12,19H,2-5,7-8,10-11,13-17H2,1H3. The van der Waals surface area contributed by atoms with E-state index >= 15 is 0 Å². The number of fused-ring (bicyclic) bond motifs is 1. The van der Waals surface area contributed by atoms with Gasteiger partial charge in [0.25, 0.3) is 5.91 Å². The van der Waals surface area contributed by atoms with Crippen molar-refractivity contribution in [2.24, 2.45) is 5.92 Å². The fourth-order valence-corrected chi connectivity index (χ4v) is 5.67. The highest BCUT2D eigenvalue weighted by atomic mass is 16.5. The molecule has 172 valence electrons. The lowest BCUT2D eigenvalue weighted by atomic mass is 9.88. The summed E-state index contributed by atoms with van der Waals surface area (Å²) < 4.78 is 7.77. The normalized spacial score (nSPS) is 22.3. The number of amides is 2. The van der Waals surface area contributed by atoms with E-state index in [2.05, 4.69) is 10.2 Å². The number of carbonyl (C=O) groups is 2. The van der Waals surface area contributed by atoms with Crippen molar-refractivity contribution in [1.82, 2.24) is 24.6 Å². The Morgan fingerprint density at radius 2 is 1.81 bits per heavy atom. The van der Waals surface area contributed by atoms with E-state index in [0.29, 0.717) is 36.9 Å². The van der Waals surface area contributed by atoms with Crippen molar-refractivity contribution >= 4 is 17.3 Å². The number of piperidine rings is 1. The minimum Gasteiger partial charge on any atom is -0.371 e. The predicted octanol–water partition coefficient (Wildman–Crippen LogP) is 2.84. The second kappa shape index (κ2) is 8.81. The Morgan fingerprint density at radius 1 is 1.06 bits per heavy atom. The zero-order valence-corrected chi connectivity index (χ0v) is 19.0. The van der Waals surface area contributed by atoms with Crippen molar-refractivity contribution in [3.63, 3.8) is 0 Å². The van der Waals surface area contributed by atoms with E-state index in [1.54, 1.807) is 6.20 Å². The van der Waals surface area contributed by atoms with Crippen molar-refractivity contribution in [3.05, 3.63) is 29.6 Å². The molecule has 3 aliphatic rings. The number of likely N-dealkylation sites (tertiary alicyclic amines) is 1. The molecule has 2 aromatic rings. The monoisotopic (exact) mass is 439 g/mol. The third kappa shape index (κ3) is 4.00. The average Bonchev–Trinajstić information content (AvgIpc) is 2.96. The minimum atomic E-state index is -0.358. The maximum atomic E-state index is 13.5. The molecule has 32 heavy (non-hydrogen) atoms. The first-order chi connectivity index (χ1) is 15.6. The number of hydrogen-bond acceptors (Lipinski definition) is 5. The van der Waals surface area contributed by atoms with E-state index < -0.39 is 0 Å². The Kier molecular flexibility index (Phi) is 5.88. The van der Waals surface area contributed by atoms with Gasteiger partial charge in [0.05, 0.1) is 30.0 Å². The summed E-state index contributed by atoms with van der Waals surface area (Å²) in [6, 6.07) is 3.71. The van der Waals surface area contributed by atoms with Crippen molar-refractivity contribution in [1.29, 1.82) is 0 Å². The molecule has 5 rings (SSSR count). The lowest BCUT2D eigenvalue weighted by Crippen LogP contribution is -2.59. The molecule has 1 saturated carbocycles. The number of nitrogens with zero attached hydrogens (tertiary/aromatic N) is 5. The summed E-state index contributed by atoms with van der Waals surface area (Å²) in [5, 5.41) is 8.61. The molecule has 0 N–H and O–H groups in total. The minimum absolute atomic E-state index is 0.00913. The molecular formula is C24H33N5O3. The van der Waals surface area contributed by atoms with Gasteiger partial charge < -0.3 is 14.5 Å². The molecule has 1 aliphatic carbocycles. The van der Waals surface area contributed by atoms with Gasteiger partial charge in [-0.1, -0.05) is 25.7 Å². The number of aromatic nitrogens is 3. The molecular weight excluding hydrogens is 406 g/mol. The number of carbonyl (C=O) groups excluding carboxylic acids is 2. The van der Waals surface area contributed by atoms with E-state index in [9.17, 15) is 9.59 Å². The van der Waals surface area contributed by atoms with Crippen LogP contribution in [0.3, 0.4) is 0 Å². The number of rotatable bonds is 2. The van der Waals surface area contributed by atoms with Gasteiger partial charge in [-0.05, 0) is 44.7 Å². The molecule has 0 bridgehead atoms. The summed E-state index contributed by atoms with van der Waals surface area (Å²) in [5.41, 5.74) is 1.69. The molecule has 4 heterocycles. The van der Waals surface area contributed by atoms with Gasteiger partial charge >= 0.3 is 0 Å². The largest absolute Gasteiger partial charge is 0.371 e. The molecule has 3 fully saturated rings. The van der Waals surface area contributed by atoms with Crippen LogP contribution in [0.1, 0.15) is 67.4 Å². The Morgan fingerprint density at radius 3 is 2.56 bits per heavy atom. The summed E-state index contributed by atoms with van der Waals surface area (Å²) in [5.74, 6) is 0.522. The van der Waals surface area contributed by atoms with Crippen LogP contribution in [-0.4, -0.2) is 74.8 Å². The van der Waals surface area contributed by atoms with Crippen LogP contribution in [0.5, 0.6) is 0 Å². The van der Waals surface area contributed by atoms with E-state index in [4.69, 9.17) is 4.74 Å². The predicted molar refractivity (Wildman–Crippen MR) is 119 cm³/mol. The Hall–Kier alpha value is -2.48. The molecule has 0 radical (unpaired) electrons. The van der Waals surface area contributed by atoms with E-state index in [-0.39, 0.29) is 17.4 Å². The first-order valence-corrected chi connectivity index (χ1v) is 12.1. The van der Waals surface area contributed by atoms with Gasteiger partial charge in [-0.2, -0.15) is 14.8 Å². The Bertz CT molecular complexity index is 987. The average molecular weight is 440 g/mol. The second-order valence-corrected chi connectivity index (χ2v) is 9.63. The van der Waals surface area contributed by atoms with Gasteiger partial charge in [-0.3, -0.25) is 9.59 Å². The summed E-state index contributed by atoms with van der Waals surface area (Å²) in [4.78, 5) is 30.5. The summed E-state index contributed by atoms with van der Waals surface area (Å²) >= 11 is 0. The number of aryl methyl sites for hydroxylation is 1. The molecule has 0 unspecified atom stereocenters. The lowest BCUT2D eigenvalue weighted by Gasteiger charge is -2.47. The zero-order chi connectivity index (χ0) is 22.1. The SMILES string of the molecule is Cc1nn2ncccc2c1C(=O)N1CCOC2(CCN(C(=O)C3CCCCCC3)CC2)C1. The summed E-state index contributed by atoms with van der Waals surface area (Å²) in [6.07, 6.45) is 10.2. The molecule has 1 spiro atoms. The van der Waals surface area contributed by atoms with Gasteiger partial charge in [0, 0.05) is 31.7 Å². The Labute approximate surface area is 188 Å². The lowest BCUT2D eigenvalue weighted by molar-refractivity contribution is -0.150. The number of hydrogen-bond donors (Lipinski definition) is 0. The first-order valence-electron chi connectivity index (χ1n) is 12.1. The maximum absolute atomic E-state index is 13.5. The first kappa shape index (κ1) is 21.4. The second-order valence-electron chi connectivity index (χ2n) is 9.63. The third-order valence-corrected chi connectivity index (χ3v) is 7.53. The van der Waals surface area contributed by atoms with Gasteiger partial charge in [0.15, 0.2) is 0 Å². The molecule has 8 nitrogen and oxygen atoms in total.